The van der Waals surface area contributed by atoms with Gasteiger partial charge in [-0.05, 0) is 24.3 Å². The summed E-state index contributed by atoms with van der Waals surface area (Å²) in [5.74, 6) is -0.385. The van der Waals surface area contributed by atoms with Gasteiger partial charge in [0.25, 0.3) is 5.91 Å². The van der Waals surface area contributed by atoms with Crippen molar-refractivity contribution in [2.24, 2.45) is 0 Å². The molecule has 0 spiro atoms. The van der Waals surface area contributed by atoms with Gasteiger partial charge < -0.3 is 19.3 Å². The average molecular weight is 352 g/mol. The molecular weight excluding hydrogens is 336 g/mol. The Morgan fingerprint density at radius 2 is 1.85 bits per heavy atom. The Bertz CT molecular complexity index is 948. The third-order valence-corrected chi connectivity index (χ3v) is 3.68. The molecule has 0 aliphatic heterocycles. The Morgan fingerprint density at radius 3 is 2.62 bits per heavy atom. The van der Waals surface area contributed by atoms with Gasteiger partial charge in [0.05, 0.1) is 25.5 Å². The van der Waals surface area contributed by atoms with E-state index in [0.29, 0.717) is 17.1 Å². The fourth-order valence-electron chi connectivity index (χ4n) is 2.36. The SMILES string of the molecule is COC(=O)c1ccccc1NC(=O)c1cc(-c2cccc(OC)c2)no1. The minimum Gasteiger partial charge on any atom is -0.497 e. The molecule has 1 N–H and O–H groups in total. The number of amides is 1. The van der Waals surface area contributed by atoms with Crippen LogP contribution in [0.15, 0.2) is 59.1 Å². The van der Waals surface area contributed by atoms with Crippen LogP contribution in [0.4, 0.5) is 5.69 Å². The lowest BCUT2D eigenvalue weighted by atomic mass is 10.1. The molecule has 0 radical (unpaired) electrons. The average Bonchev–Trinajstić information content (AvgIpc) is 3.18. The molecule has 0 aliphatic rings. The molecule has 1 heterocycles. The lowest BCUT2D eigenvalue weighted by Gasteiger charge is -2.07. The third kappa shape index (κ3) is 3.56. The van der Waals surface area contributed by atoms with Crippen molar-refractivity contribution in [1.82, 2.24) is 5.16 Å². The minimum absolute atomic E-state index is 0.0162. The molecule has 26 heavy (non-hydrogen) atoms. The number of esters is 1. The smallest absolute Gasteiger partial charge is 0.339 e. The van der Waals surface area contributed by atoms with Gasteiger partial charge in [0, 0.05) is 11.6 Å². The highest BCUT2D eigenvalue weighted by atomic mass is 16.5. The molecule has 3 aromatic rings. The van der Waals surface area contributed by atoms with Crippen LogP contribution in [0, 0.1) is 0 Å². The van der Waals surface area contributed by atoms with Crippen LogP contribution in [0.1, 0.15) is 20.9 Å². The predicted octanol–water partition coefficient (Wildman–Crippen LogP) is 3.39. The highest BCUT2D eigenvalue weighted by molar-refractivity contribution is 6.06. The first-order valence-electron chi connectivity index (χ1n) is 7.72. The zero-order chi connectivity index (χ0) is 18.5. The molecule has 0 unspecified atom stereocenters. The molecule has 7 nitrogen and oxygen atoms in total. The van der Waals surface area contributed by atoms with Crippen LogP contribution in [-0.4, -0.2) is 31.3 Å². The second kappa shape index (κ2) is 7.52. The van der Waals surface area contributed by atoms with Gasteiger partial charge in [0.1, 0.15) is 11.4 Å². The van der Waals surface area contributed by atoms with Crippen LogP contribution in [-0.2, 0) is 4.74 Å². The second-order valence-corrected chi connectivity index (χ2v) is 5.30. The summed E-state index contributed by atoms with van der Waals surface area (Å²) in [6.07, 6.45) is 0. The molecule has 1 amide bonds. The topological polar surface area (TPSA) is 90.7 Å². The molecule has 1 aromatic heterocycles. The zero-order valence-electron chi connectivity index (χ0n) is 14.2. The number of benzene rings is 2. The van der Waals surface area contributed by atoms with Crippen molar-refractivity contribution in [3.63, 3.8) is 0 Å². The predicted molar refractivity (Wildman–Crippen MR) is 94.2 cm³/mol. The maximum atomic E-state index is 12.4. The lowest BCUT2D eigenvalue weighted by Crippen LogP contribution is -2.14. The molecule has 0 aliphatic carbocycles. The van der Waals surface area contributed by atoms with E-state index in [-0.39, 0.29) is 11.3 Å². The Labute approximate surface area is 149 Å². The van der Waals surface area contributed by atoms with Gasteiger partial charge in [-0.25, -0.2) is 4.79 Å². The highest BCUT2D eigenvalue weighted by Gasteiger charge is 2.18. The molecule has 3 rings (SSSR count). The molecule has 0 saturated carbocycles. The van der Waals surface area contributed by atoms with Crippen molar-refractivity contribution in [2.75, 3.05) is 19.5 Å². The van der Waals surface area contributed by atoms with E-state index in [0.717, 1.165) is 5.56 Å². The fourth-order valence-corrected chi connectivity index (χ4v) is 2.36. The number of ether oxygens (including phenoxy) is 2. The number of carbonyl (C=O) groups excluding carboxylic acids is 2. The third-order valence-electron chi connectivity index (χ3n) is 3.68. The van der Waals surface area contributed by atoms with Crippen molar-refractivity contribution in [1.29, 1.82) is 0 Å². The van der Waals surface area contributed by atoms with Gasteiger partial charge >= 0.3 is 5.97 Å². The van der Waals surface area contributed by atoms with E-state index >= 15 is 0 Å². The molecule has 2 aromatic carbocycles. The Morgan fingerprint density at radius 1 is 1.04 bits per heavy atom. The van der Waals surface area contributed by atoms with Gasteiger partial charge in [0.2, 0.25) is 5.76 Å². The Kier molecular flexibility index (Phi) is 4.98. The van der Waals surface area contributed by atoms with Crippen molar-refractivity contribution >= 4 is 17.6 Å². The van der Waals surface area contributed by atoms with Crippen LogP contribution in [0.3, 0.4) is 0 Å². The van der Waals surface area contributed by atoms with Crippen LogP contribution in [0.25, 0.3) is 11.3 Å². The molecule has 7 heteroatoms. The Hall–Kier alpha value is -3.61. The lowest BCUT2D eigenvalue weighted by molar-refractivity contribution is 0.0602. The number of anilines is 1. The van der Waals surface area contributed by atoms with Gasteiger partial charge in [-0.1, -0.05) is 29.4 Å². The maximum Gasteiger partial charge on any atom is 0.339 e. The summed E-state index contributed by atoms with van der Waals surface area (Å²) in [4.78, 5) is 24.2. The van der Waals surface area contributed by atoms with Crippen molar-refractivity contribution in [3.05, 3.63) is 65.9 Å². The molecule has 0 fully saturated rings. The number of carbonyl (C=O) groups is 2. The number of methoxy groups -OCH3 is 2. The number of nitrogens with one attached hydrogen (secondary N) is 1. The molecule has 0 bridgehead atoms. The monoisotopic (exact) mass is 352 g/mol. The first-order valence-corrected chi connectivity index (χ1v) is 7.72. The first-order chi connectivity index (χ1) is 12.6. The summed E-state index contributed by atoms with van der Waals surface area (Å²) in [5.41, 5.74) is 1.82. The number of rotatable bonds is 5. The minimum atomic E-state index is -0.546. The highest BCUT2D eigenvalue weighted by Crippen LogP contribution is 2.24. The van der Waals surface area contributed by atoms with Crippen LogP contribution >= 0.6 is 0 Å². The normalized spacial score (nSPS) is 10.2. The van der Waals surface area contributed by atoms with Crippen molar-refractivity contribution < 1.29 is 23.6 Å². The van der Waals surface area contributed by atoms with Crippen LogP contribution in [0.5, 0.6) is 5.75 Å². The fraction of sp³-hybridized carbons (Fsp3) is 0.105. The van der Waals surface area contributed by atoms with Gasteiger partial charge in [-0.15, -0.1) is 0 Å². The summed E-state index contributed by atoms with van der Waals surface area (Å²) in [6, 6.07) is 15.3. The summed E-state index contributed by atoms with van der Waals surface area (Å²) in [7, 11) is 2.84. The van der Waals surface area contributed by atoms with E-state index in [4.69, 9.17) is 14.0 Å². The van der Waals surface area contributed by atoms with E-state index in [1.54, 1.807) is 43.5 Å². The van der Waals surface area contributed by atoms with Crippen molar-refractivity contribution in [3.8, 4) is 17.0 Å². The number of nitrogens with zero attached hydrogens (tertiary/aromatic N) is 1. The second-order valence-electron chi connectivity index (χ2n) is 5.30. The number of para-hydroxylation sites is 1. The standard InChI is InChI=1S/C19H16N2O5/c1-24-13-7-5-6-12(10-13)16-11-17(26-21-16)18(22)20-15-9-4-3-8-14(15)19(23)25-2/h3-11H,1-2H3,(H,20,22). The summed E-state index contributed by atoms with van der Waals surface area (Å²) in [6.45, 7) is 0. The molecular formula is C19H16N2O5. The molecule has 0 atom stereocenters. The summed E-state index contributed by atoms with van der Waals surface area (Å²) in [5, 5.41) is 6.55. The van der Waals surface area contributed by atoms with E-state index in [1.807, 2.05) is 12.1 Å². The summed E-state index contributed by atoms with van der Waals surface area (Å²) >= 11 is 0. The van der Waals surface area contributed by atoms with E-state index in [9.17, 15) is 9.59 Å². The van der Waals surface area contributed by atoms with Gasteiger partial charge in [0.15, 0.2) is 0 Å². The van der Waals surface area contributed by atoms with Crippen LogP contribution in [0.2, 0.25) is 0 Å². The van der Waals surface area contributed by atoms with E-state index in [2.05, 4.69) is 10.5 Å². The maximum absolute atomic E-state index is 12.4. The largest absolute Gasteiger partial charge is 0.497 e. The van der Waals surface area contributed by atoms with E-state index < -0.39 is 11.9 Å². The number of aromatic nitrogens is 1. The zero-order valence-corrected chi connectivity index (χ0v) is 14.2. The quantitative estimate of drug-likeness (QED) is 0.708. The van der Waals surface area contributed by atoms with E-state index in [1.165, 1.54) is 13.2 Å². The van der Waals surface area contributed by atoms with Crippen molar-refractivity contribution in [2.45, 2.75) is 0 Å². The summed E-state index contributed by atoms with van der Waals surface area (Å²) < 4.78 is 15.0. The molecule has 0 saturated heterocycles. The van der Waals surface area contributed by atoms with Gasteiger partial charge in [-0.2, -0.15) is 0 Å². The van der Waals surface area contributed by atoms with Gasteiger partial charge in [-0.3, -0.25) is 4.79 Å². The first kappa shape index (κ1) is 17.2. The number of hydrogen-bond acceptors (Lipinski definition) is 6. The number of hydrogen-bond donors (Lipinski definition) is 1. The van der Waals surface area contributed by atoms with Crippen LogP contribution < -0.4 is 10.1 Å². The Balaban J connectivity index is 1.82. The molecule has 132 valence electrons.